The zero-order valence-electron chi connectivity index (χ0n) is 15.5. The molecule has 0 spiro atoms. The molecule has 1 unspecified atom stereocenters. The van der Waals surface area contributed by atoms with Crippen LogP contribution in [0, 0.1) is 0 Å². The number of rotatable bonds is 1. The van der Waals surface area contributed by atoms with Crippen LogP contribution in [0.2, 0.25) is 5.15 Å². The SMILES string of the molecule is CC(C)(C)OC(=O)N1CCC(N2CCc3cnc(Cl)c4cccc2c34)C1. The van der Waals surface area contributed by atoms with Crippen molar-refractivity contribution < 1.29 is 9.53 Å². The molecule has 1 saturated heterocycles. The van der Waals surface area contributed by atoms with Crippen molar-refractivity contribution in [3.05, 3.63) is 35.1 Å². The van der Waals surface area contributed by atoms with E-state index in [0.717, 1.165) is 31.3 Å². The molecule has 0 aliphatic carbocycles. The van der Waals surface area contributed by atoms with Crippen molar-refractivity contribution >= 4 is 34.2 Å². The molecule has 26 heavy (non-hydrogen) atoms. The van der Waals surface area contributed by atoms with Crippen molar-refractivity contribution in [1.29, 1.82) is 0 Å². The summed E-state index contributed by atoms with van der Waals surface area (Å²) in [6.45, 7) is 8.06. The number of amides is 1. The summed E-state index contributed by atoms with van der Waals surface area (Å²) in [6, 6.07) is 6.52. The highest BCUT2D eigenvalue weighted by Crippen LogP contribution is 2.38. The van der Waals surface area contributed by atoms with Gasteiger partial charge in [0.25, 0.3) is 0 Å². The average Bonchev–Trinajstić information content (AvgIpc) is 3.07. The molecule has 4 rings (SSSR count). The second kappa shape index (κ2) is 6.31. The van der Waals surface area contributed by atoms with Crippen LogP contribution in [0.1, 0.15) is 32.8 Å². The van der Waals surface area contributed by atoms with E-state index >= 15 is 0 Å². The minimum atomic E-state index is -0.464. The van der Waals surface area contributed by atoms with Crippen LogP contribution in [0.15, 0.2) is 24.4 Å². The molecule has 6 heteroatoms. The molecule has 1 aromatic heterocycles. The number of aromatic nitrogens is 1. The molecule has 1 atom stereocenters. The lowest BCUT2D eigenvalue weighted by Crippen LogP contribution is -2.42. The fourth-order valence-electron chi connectivity index (χ4n) is 3.98. The van der Waals surface area contributed by atoms with Gasteiger partial charge in [-0.1, -0.05) is 23.7 Å². The summed E-state index contributed by atoms with van der Waals surface area (Å²) in [5, 5.41) is 2.76. The minimum absolute atomic E-state index is 0.220. The number of likely N-dealkylation sites (tertiary alicyclic amines) is 1. The summed E-state index contributed by atoms with van der Waals surface area (Å²) in [5.74, 6) is 0. The predicted octanol–water partition coefficient (Wildman–Crippen LogP) is 4.26. The summed E-state index contributed by atoms with van der Waals surface area (Å²) >= 11 is 6.32. The first-order valence-electron chi connectivity index (χ1n) is 9.14. The minimum Gasteiger partial charge on any atom is -0.444 e. The number of benzene rings is 1. The second-order valence-corrected chi connectivity index (χ2v) is 8.44. The molecule has 0 radical (unpaired) electrons. The van der Waals surface area contributed by atoms with Crippen LogP contribution in [-0.2, 0) is 11.2 Å². The van der Waals surface area contributed by atoms with Crippen molar-refractivity contribution in [3.8, 4) is 0 Å². The molecule has 1 amide bonds. The Balaban J connectivity index is 1.59. The Morgan fingerprint density at radius 2 is 2.12 bits per heavy atom. The molecule has 5 nitrogen and oxygen atoms in total. The molecule has 2 aliphatic heterocycles. The molecular formula is C20H24ClN3O2. The van der Waals surface area contributed by atoms with E-state index < -0.39 is 5.60 Å². The van der Waals surface area contributed by atoms with Crippen molar-refractivity contribution in [2.45, 2.75) is 45.3 Å². The average molecular weight is 374 g/mol. The number of halogens is 1. The fraction of sp³-hybridized carbons (Fsp3) is 0.500. The van der Waals surface area contributed by atoms with E-state index in [1.807, 2.05) is 44.0 Å². The molecule has 138 valence electrons. The zero-order valence-corrected chi connectivity index (χ0v) is 16.2. The molecule has 3 heterocycles. The topological polar surface area (TPSA) is 45.7 Å². The third-order valence-corrected chi connectivity index (χ3v) is 5.41. The van der Waals surface area contributed by atoms with Gasteiger partial charge in [0, 0.05) is 48.3 Å². The molecular weight excluding hydrogens is 350 g/mol. The highest BCUT2D eigenvalue weighted by atomic mass is 35.5. The third-order valence-electron chi connectivity index (χ3n) is 5.11. The van der Waals surface area contributed by atoms with Crippen molar-refractivity contribution in [2.24, 2.45) is 0 Å². The smallest absolute Gasteiger partial charge is 0.410 e. The Morgan fingerprint density at radius 3 is 2.88 bits per heavy atom. The Bertz CT molecular complexity index is 862. The van der Waals surface area contributed by atoms with Crippen LogP contribution >= 0.6 is 11.6 Å². The third kappa shape index (κ3) is 3.09. The molecule has 0 N–H and O–H groups in total. The van der Waals surface area contributed by atoms with E-state index in [9.17, 15) is 4.79 Å². The first kappa shape index (κ1) is 17.4. The lowest BCUT2D eigenvalue weighted by molar-refractivity contribution is 0.0292. The van der Waals surface area contributed by atoms with Crippen LogP contribution in [-0.4, -0.2) is 47.3 Å². The van der Waals surface area contributed by atoms with E-state index in [-0.39, 0.29) is 6.09 Å². The van der Waals surface area contributed by atoms with Gasteiger partial charge in [-0.25, -0.2) is 9.78 Å². The van der Waals surface area contributed by atoms with E-state index in [1.54, 1.807) is 0 Å². The molecule has 0 bridgehead atoms. The van der Waals surface area contributed by atoms with Crippen molar-refractivity contribution in [2.75, 3.05) is 24.5 Å². The van der Waals surface area contributed by atoms with E-state index in [0.29, 0.717) is 17.7 Å². The second-order valence-electron chi connectivity index (χ2n) is 8.09. The van der Waals surface area contributed by atoms with E-state index in [4.69, 9.17) is 16.3 Å². The first-order valence-corrected chi connectivity index (χ1v) is 9.52. The van der Waals surface area contributed by atoms with Crippen molar-refractivity contribution in [3.63, 3.8) is 0 Å². The highest BCUT2D eigenvalue weighted by Gasteiger charge is 2.34. The van der Waals surface area contributed by atoms with Crippen LogP contribution in [0.4, 0.5) is 10.5 Å². The monoisotopic (exact) mass is 373 g/mol. The number of hydrogen-bond donors (Lipinski definition) is 0. The maximum Gasteiger partial charge on any atom is 0.410 e. The number of anilines is 1. The van der Waals surface area contributed by atoms with Gasteiger partial charge >= 0.3 is 6.09 Å². The molecule has 0 saturated carbocycles. The number of carbonyl (C=O) groups excluding carboxylic acids is 1. The highest BCUT2D eigenvalue weighted by molar-refractivity contribution is 6.34. The number of ether oxygens (including phenoxy) is 1. The van der Waals surface area contributed by atoms with Gasteiger partial charge in [-0.2, -0.15) is 0 Å². The maximum atomic E-state index is 12.4. The number of carbonyl (C=O) groups is 1. The number of hydrogen-bond acceptors (Lipinski definition) is 4. The van der Waals surface area contributed by atoms with Crippen LogP contribution in [0.5, 0.6) is 0 Å². The standard InChI is InChI=1S/C20H24ClN3O2/c1-20(2,3)26-19(25)23-9-8-14(12-23)24-10-7-13-11-22-18(21)15-5-4-6-16(24)17(13)15/h4-6,11,14H,7-10,12H2,1-3H3. The maximum absolute atomic E-state index is 12.4. The van der Waals surface area contributed by atoms with Crippen LogP contribution < -0.4 is 4.90 Å². The largest absolute Gasteiger partial charge is 0.444 e. The first-order chi connectivity index (χ1) is 12.3. The molecule has 1 fully saturated rings. The van der Waals surface area contributed by atoms with Gasteiger partial charge in [0.2, 0.25) is 0 Å². The predicted molar refractivity (Wildman–Crippen MR) is 104 cm³/mol. The lowest BCUT2D eigenvalue weighted by Gasteiger charge is -2.36. The van der Waals surface area contributed by atoms with Gasteiger partial charge in [-0.05, 0) is 45.2 Å². The number of pyridine rings is 1. The zero-order chi connectivity index (χ0) is 18.5. The van der Waals surface area contributed by atoms with E-state index in [2.05, 4.69) is 16.0 Å². The van der Waals surface area contributed by atoms with Gasteiger partial charge in [0.1, 0.15) is 10.8 Å². The normalized spacial score (nSPS) is 19.9. The van der Waals surface area contributed by atoms with Gasteiger partial charge < -0.3 is 14.5 Å². The van der Waals surface area contributed by atoms with Gasteiger partial charge in [0.05, 0.1) is 0 Å². The van der Waals surface area contributed by atoms with Gasteiger partial charge in [0.15, 0.2) is 0 Å². The summed E-state index contributed by atoms with van der Waals surface area (Å²) in [4.78, 5) is 21.0. The quantitative estimate of drug-likeness (QED) is 0.700. The lowest BCUT2D eigenvalue weighted by atomic mass is 9.97. The Kier molecular flexibility index (Phi) is 4.22. The van der Waals surface area contributed by atoms with Crippen LogP contribution in [0.25, 0.3) is 10.8 Å². The van der Waals surface area contributed by atoms with Crippen molar-refractivity contribution in [1.82, 2.24) is 9.88 Å². The van der Waals surface area contributed by atoms with Crippen LogP contribution in [0.3, 0.4) is 0 Å². The van der Waals surface area contributed by atoms with Gasteiger partial charge in [-0.3, -0.25) is 0 Å². The number of nitrogens with zero attached hydrogens (tertiary/aromatic N) is 3. The Labute approximate surface area is 158 Å². The fourth-order valence-corrected chi connectivity index (χ4v) is 4.18. The van der Waals surface area contributed by atoms with E-state index in [1.165, 1.54) is 16.6 Å². The summed E-state index contributed by atoms with van der Waals surface area (Å²) < 4.78 is 5.53. The Morgan fingerprint density at radius 1 is 1.31 bits per heavy atom. The molecule has 2 aromatic rings. The summed E-state index contributed by atoms with van der Waals surface area (Å²) in [5.41, 5.74) is 1.98. The Hall–Kier alpha value is -2.01. The summed E-state index contributed by atoms with van der Waals surface area (Å²) in [7, 11) is 0. The summed E-state index contributed by atoms with van der Waals surface area (Å²) in [6.07, 6.45) is 3.57. The molecule has 1 aromatic carbocycles. The van der Waals surface area contributed by atoms with Gasteiger partial charge in [-0.15, -0.1) is 0 Å². The molecule has 2 aliphatic rings.